The first kappa shape index (κ1) is 23.1. The second-order valence-corrected chi connectivity index (χ2v) is 9.18. The number of hydrogen-bond donors (Lipinski definition) is 0. The SMILES string of the molecule is CO[C@H](c1ccc(OCc2ccccc2)cc1)[C@@H]1COC(C)(C)N1C(=O)OC(C)(C)C. The molecule has 0 aliphatic carbocycles. The van der Waals surface area contributed by atoms with Crippen LogP contribution in [0, 0.1) is 0 Å². The Labute approximate surface area is 185 Å². The molecule has 1 saturated heterocycles. The maximum absolute atomic E-state index is 13.0. The summed E-state index contributed by atoms with van der Waals surface area (Å²) in [5.74, 6) is 0.773. The zero-order valence-corrected chi connectivity index (χ0v) is 19.3. The Balaban J connectivity index is 1.74. The minimum Gasteiger partial charge on any atom is -0.489 e. The van der Waals surface area contributed by atoms with Gasteiger partial charge in [0.15, 0.2) is 0 Å². The van der Waals surface area contributed by atoms with E-state index in [2.05, 4.69) is 0 Å². The Kier molecular flexibility index (Phi) is 6.92. The molecular formula is C25H33NO5. The summed E-state index contributed by atoms with van der Waals surface area (Å²) in [6, 6.07) is 17.5. The number of benzene rings is 2. The molecule has 1 heterocycles. The Bertz CT molecular complexity index is 858. The molecule has 0 spiro atoms. The molecule has 6 heteroatoms. The Morgan fingerprint density at radius 1 is 1.13 bits per heavy atom. The van der Waals surface area contributed by atoms with Crippen molar-refractivity contribution in [2.45, 2.75) is 64.7 Å². The number of hydrogen-bond acceptors (Lipinski definition) is 5. The van der Waals surface area contributed by atoms with Crippen LogP contribution in [0.2, 0.25) is 0 Å². The number of amides is 1. The molecule has 1 aliphatic heterocycles. The molecule has 2 aromatic rings. The van der Waals surface area contributed by atoms with Crippen LogP contribution in [0.15, 0.2) is 54.6 Å². The summed E-state index contributed by atoms with van der Waals surface area (Å²) < 4.78 is 23.3. The average Bonchev–Trinajstić information content (AvgIpc) is 3.02. The van der Waals surface area contributed by atoms with Gasteiger partial charge >= 0.3 is 6.09 Å². The number of ether oxygens (including phenoxy) is 4. The van der Waals surface area contributed by atoms with Gasteiger partial charge in [-0.05, 0) is 57.9 Å². The number of rotatable bonds is 6. The highest BCUT2D eigenvalue weighted by molar-refractivity contribution is 5.70. The number of methoxy groups -OCH3 is 1. The molecule has 168 valence electrons. The van der Waals surface area contributed by atoms with Gasteiger partial charge in [0.2, 0.25) is 0 Å². The molecule has 0 N–H and O–H groups in total. The maximum atomic E-state index is 13.0. The van der Waals surface area contributed by atoms with E-state index in [0.717, 1.165) is 16.9 Å². The Morgan fingerprint density at radius 2 is 1.77 bits per heavy atom. The van der Waals surface area contributed by atoms with Crippen molar-refractivity contribution in [2.75, 3.05) is 13.7 Å². The van der Waals surface area contributed by atoms with Gasteiger partial charge in [0, 0.05) is 7.11 Å². The van der Waals surface area contributed by atoms with E-state index in [1.165, 1.54) is 0 Å². The van der Waals surface area contributed by atoms with Crippen LogP contribution in [0.5, 0.6) is 5.75 Å². The third-order valence-corrected chi connectivity index (χ3v) is 5.17. The highest BCUT2D eigenvalue weighted by Gasteiger charge is 2.49. The van der Waals surface area contributed by atoms with E-state index < -0.39 is 17.4 Å². The first-order valence-corrected chi connectivity index (χ1v) is 10.6. The van der Waals surface area contributed by atoms with E-state index in [4.69, 9.17) is 18.9 Å². The standard InChI is InChI=1S/C25H33NO5/c1-24(2,3)31-23(27)26-21(17-30-25(26,4)5)22(28-6)19-12-14-20(15-13-19)29-16-18-10-8-7-9-11-18/h7-15,21-22H,16-17H2,1-6H3/t21-,22+/m0/s1. The fraction of sp³-hybridized carbons (Fsp3) is 0.480. The second kappa shape index (κ2) is 9.28. The highest BCUT2D eigenvalue weighted by Crippen LogP contribution is 2.37. The number of carbonyl (C=O) groups excluding carboxylic acids is 1. The lowest BCUT2D eigenvalue weighted by Gasteiger charge is -2.37. The Hall–Kier alpha value is -2.57. The summed E-state index contributed by atoms with van der Waals surface area (Å²) in [5, 5.41) is 0. The van der Waals surface area contributed by atoms with Crippen molar-refractivity contribution < 1.29 is 23.7 Å². The van der Waals surface area contributed by atoms with Crippen LogP contribution in [0.25, 0.3) is 0 Å². The van der Waals surface area contributed by atoms with Gasteiger partial charge in [0.25, 0.3) is 0 Å². The Morgan fingerprint density at radius 3 is 2.35 bits per heavy atom. The smallest absolute Gasteiger partial charge is 0.413 e. The van der Waals surface area contributed by atoms with Gasteiger partial charge in [0.1, 0.15) is 29.8 Å². The van der Waals surface area contributed by atoms with E-state index in [1.807, 2.05) is 89.2 Å². The van der Waals surface area contributed by atoms with Crippen LogP contribution < -0.4 is 4.74 Å². The van der Waals surface area contributed by atoms with Crippen molar-refractivity contribution in [1.82, 2.24) is 4.90 Å². The van der Waals surface area contributed by atoms with Crippen molar-refractivity contribution in [3.8, 4) is 5.75 Å². The van der Waals surface area contributed by atoms with E-state index in [1.54, 1.807) is 12.0 Å². The van der Waals surface area contributed by atoms with E-state index in [-0.39, 0.29) is 12.1 Å². The molecular weight excluding hydrogens is 394 g/mol. The van der Waals surface area contributed by atoms with Gasteiger partial charge in [0.05, 0.1) is 12.6 Å². The van der Waals surface area contributed by atoms with Gasteiger partial charge in [-0.15, -0.1) is 0 Å². The van der Waals surface area contributed by atoms with Crippen LogP contribution in [0.1, 0.15) is 51.8 Å². The summed E-state index contributed by atoms with van der Waals surface area (Å²) in [6.45, 7) is 10.2. The summed E-state index contributed by atoms with van der Waals surface area (Å²) in [6.07, 6.45) is -0.776. The van der Waals surface area contributed by atoms with Crippen molar-refractivity contribution in [1.29, 1.82) is 0 Å². The molecule has 1 fully saturated rings. The summed E-state index contributed by atoms with van der Waals surface area (Å²) >= 11 is 0. The van der Waals surface area contributed by atoms with Crippen LogP contribution in [-0.4, -0.2) is 42.1 Å². The summed E-state index contributed by atoms with van der Waals surface area (Å²) in [5.41, 5.74) is 0.664. The van der Waals surface area contributed by atoms with Gasteiger partial charge < -0.3 is 18.9 Å². The van der Waals surface area contributed by atoms with Crippen molar-refractivity contribution >= 4 is 6.09 Å². The van der Waals surface area contributed by atoms with Gasteiger partial charge in [-0.25, -0.2) is 4.79 Å². The van der Waals surface area contributed by atoms with Crippen molar-refractivity contribution in [2.24, 2.45) is 0 Å². The molecule has 2 atom stereocenters. The zero-order valence-electron chi connectivity index (χ0n) is 19.3. The summed E-state index contributed by atoms with van der Waals surface area (Å²) in [7, 11) is 1.64. The van der Waals surface area contributed by atoms with E-state index in [9.17, 15) is 4.79 Å². The molecule has 1 amide bonds. The largest absolute Gasteiger partial charge is 0.489 e. The quantitative estimate of drug-likeness (QED) is 0.624. The van der Waals surface area contributed by atoms with Gasteiger partial charge in [-0.3, -0.25) is 4.90 Å². The molecule has 6 nitrogen and oxygen atoms in total. The first-order chi connectivity index (χ1) is 14.6. The van der Waals surface area contributed by atoms with E-state index in [0.29, 0.717) is 13.2 Å². The summed E-state index contributed by atoms with van der Waals surface area (Å²) in [4.78, 5) is 14.6. The van der Waals surface area contributed by atoms with Crippen molar-refractivity contribution in [3.05, 3.63) is 65.7 Å². The zero-order chi connectivity index (χ0) is 22.6. The maximum Gasteiger partial charge on any atom is 0.413 e. The molecule has 0 saturated carbocycles. The van der Waals surface area contributed by atoms with Crippen molar-refractivity contribution in [3.63, 3.8) is 0 Å². The normalized spacial score (nSPS) is 19.2. The molecule has 2 aromatic carbocycles. The monoisotopic (exact) mass is 427 g/mol. The van der Waals surface area contributed by atoms with Crippen LogP contribution in [0.4, 0.5) is 4.79 Å². The topological polar surface area (TPSA) is 57.2 Å². The van der Waals surface area contributed by atoms with Crippen LogP contribution >= 0.6 is 0 Å². The van der Waals surface area contributed by atoms with E-state index >= 15 is 0 Å². The fourth-order valence-electron chi connectivity index (χ4n) is 3.73. The molecule has 3 rings (SSSR count). The molecule has 0 aromatic heterocycles. The highest BCUT2D eigenvalue weighted by atomic mass is 16.6. The predicted molar refractivity (Wildman–Crippen MR) is 119 cm³/mol. The minimum absolute atomic E-state index is 0.314. The first-order valence-electron chi connectivity index (χ1n) is 10.6. The molecule has 0 radical (unpaired) electrons. The molecule has 0 unspecified atom stereocenters. The third-order valence-electron chi connectivity index (χ3n) is 5.17. The lowest BCUT2D eigenvalue weighted by molar-refractivity contribution is -0.0700. The lowest BCUT2D eigenvalue weighted by Crippen LogP contribution is -2.51. The molecule has 31 heavy (non-hydrogen) atoms. The predicted octanol–water partition coefficient (Wildman–Crippen LogP) is 5.33. The van der Waals surface area contributed by atoms with Crippen LogP contribution in [0.3, 0.4) is 0 Å². The lowest BCUT2D eigenvalue weighted by atomic mass is 10.0. The van der Waals surface area contributed by atoms with Gasteiger partial charge in [-0.2, -0.15) is 0 Å². The minimum atomic E-state index is -0.789. The molecule has 1 aliphatic rings. The number of carbonyl (C=O) groups is 1. The van der Waals surface area contributed by atoms with Gasteiger partial charge in [-0.1, -0.05) is 42.5 Å². The second-order valence-electron chi connectivity index (χ2n) is 9.18. The fourth-order valence-corrected chi connectivity index (χ4v) is 3.73. The molecule has 0 bridgehead atoms. The van der Waals surface area contributed by atoms with Crippen LogP contribution in [-0.2, 0) is 20.8 Å². The third kappa shape index (κ3) is 5.77. The average molecular weight is 428 g/mol. The number of nitrogens with zero attached hydrogens (tertiary/aromatic N) is 1.